The monoisotopic (exact) mass is 412 g/mol. The number of alkyl halides is 3. The number of methoxy groups -OCH3 is 3. The number of anilines is 1. The highest BCUT2D eigenvalue weighted by atomic mass is 32.2. The molecule has 0 saturated heterocycles. The van der Waals surface area contributed by atoms with E-state index in [9.17, 15) is 22.8 Å². The molecule has 0 radical (unpaired) electrons. The van der Waals surface area contributed by atoms with Gasteiger partial charge in [0.15, 0.2) is 11.5 Å². The Kier molecular flexibility index (Phi) is 8.34. The van der Waals surface area contributed by atoms with Gasteiger partial charge in [-0.25, -0.2) is 4.79 Å². The van der Waals surface area contributed by atoms with E-state index in [1.54, 1.807) is 0 Å². The fourth-order valence-electron chi connectivity index (χ4n) is 2.09. The number of benzene rings is 1. The summed E-state index contributed by atoms with van der Waals surface area (Å²) in [6.07, 6.45) is -1.88. The Labute approximate surface area is 157 Å². The lowest BCUT2D eigenvalue weighted by Gasteiger charge is -2.18. The standard InChI is InChI=1S/C15H19F3N2O6S/c1-24-10-6-8(7-11(25-2)12(10)26-3)19-13(21)9(20-14(22)23)4-5-27-15(16,17)18/h6-7,9,20H,4-5H2,1-3H3,(H,19,21)(H,22,23)/t9-/m0/s1. The lowest BCUT2D eigenvalue weighted by molar-refractivity contribution is -0.118. The molecule has 0 aromatic heterocycles. The van der Waals surface area contributed by atoms with E-state index in [1.165, 1.54) is 33.5 Å². The van der Waals surface area contributed by atoms with Gasteiger partial charge >= 0.3 is 11.6 Å². The molecule has 0 aliphatic heterocycles. The summed E-state index contributed by atoms with van der Waals surface area (Å²) < 4.78 is 52.1. The highest BCUT2D eigenvalue weighted by molar-refractivity contribution is 8.00. The van der Waals surface area contributed by atoms with E-state index in [1.807, 2.05) is 5.32 Å². The van der Waals surface area contributed by atoms with Crippen molar-refractivity contribution in [1.82, 2.24) is 5.32 Å². The third-order valence-corrected chi connectivity index (χ3v) is 3.99. The van der Waals surface area contributed by atoms with Crippen molar-refractivity contribution in [2.24, 2.45) is 0 Å². The van der Waals surface area contributed by atoms with Gasteiger partial charge in [-0.2, -0.15) is 13.2 Å². The van der Waals surface area contributed by atoms with Crippen LogP contribution in [0.15, 0.2) is 12.1 Å². The average molecular weight is 412 g/mol. The number of carbonyl (C=O) groups excluding carboxylic acids is 1. The molecule has 0 heterocycles. The zero-order valence-corrected chi connectivity index (χ0v) is 15.5. The number of amides is 2. The molecule has 0 unspecified atom stereocenters. The van der Waals surface area contributed by atoms with Crippen LogP contribution in [0.4, 0.5) is 23.7 Å². The summed E-state index contributed by atoms with van der Waals surface area (Å²) in [4.78, 5) is 23.2. The highest BCUT2D eigenvalue weighted by Crippen LogP contribution is 2.40. The topological polar surface area (TPSA) is 106 Å². The van der Waals surface area contributed by atoms with Gasteiger partial charge in [0.1, 0.15) is 6.04 Å². The number of nitrogens with one attached hydrogen (secondary N) is 2. The third kappa shape index (κ3) is 7.33. The number of rotatable bonds is 9. The summed E-state index contributed by atoms with van der Waals surface area (Å²) in [7, 11) is 4.13. The second-order valence-corrected chi connectivity index (χ2v) is 6.15. The first-order chi connectivity index (χ1) is 12.6. The lowest BCUT2D eigenvalue weighted by atomic mass is 10.2. The Morgan fingerprint density at radius 2 is 1.70 bits per heavy atom. The molecule has 152 valence electrons. The Morgan fingerprint density at radius 1 is 1.15 bits per heavy atom. The predicted molar refractivity (Wildman–Crippen MR) is 92.8 cm³/mol. The summed E-state index contributed by atoms with van der Waals surface area (Å²) in [5.74, 6) is -0.559. The highest BCUT2D eigenvalue weighted by Gasteiger charge is 2.29. The van der Waals surface area contributed by atoms with Crippen LogP contribution in [0.1, 0.15) is 6.42 Å². The maximum absolute atomic E-state index is 12.3. The van der Waals surface area contributed by atoms with Gasteiger partial charge in [0.05, 0.1) is 21.3 Å². The van der Waals surface area contributed by atoms with E-state index >= 15 is 0 Å². The molecule has 0 saturated carbocycles. The van der Waals surface area contributed by atoms with Gasteiger partial charge in [0, 0.05) is 23.6 Å². The maximum atomic E-state index is 12.3. The van der Waals surface area contributed by atoms with Crippen LogP contribution in [0.25, 0.3) is 0 Å². The number of hydrogen-bond donors (Lipinski definition) is 3. The number of carboxylic acid groups (broad SMARTS) is 1. The first-order valence-electron chi connectivity index (χ1n) is 7.42. The number of carbonyl (C=O) groups is 2. The van der Waals surface area contributed by atoms with Gasteiger partial charge in [-0.3, -0.25) is 4.79 Å². The largest absolute Gasteiger partial charge is 0.493 e. The van der Waals surface area contributed by atoms with Crippen LogP contribution < -0.4 is 24.8 Å². The van der Waals surface area contributed by atoms with E-state index in [0.717, 1.165) is 0 Å². The van der Waals surface area contributed by atoms with Crippen molar-refractivity contribution in [2.45, 2.75) is 18.0 Å². The van der Waals surface area contributed by atoms with Gasteiger partial charge < -0.3 is 30.0 Å². The van der Waals surface area contributed by atoms with Crippen molar-refractivity contribution < 1.29 is 42.1 Å². The zero-order chi connectivity index (χ0) is 20.6. The van der Waals surface area contributed by atoms with Gasteiger partial charge in [-0.1, -0.05) is 11.8 Å². The quantitative estimate of drug-likeness (QED) is 0.573. The number of hydrogen-bond acceptors (Lipinski definition) is 6. The van der Waals surface area contributed by atoms with Crippen LogP contribution in [0.5, 0.6) is 17.2 Å². The number of thioether (sulfide) groups is 1. The summed E-state index contributed by atoms with van der Waals surface area (Å²) >= 11 is -0.340. The zero-order valence-electron chi connectivity index (χ0n) is 14.7. The Bertz CT molecular complexity index is 646. The number of ether oxygens (including phenoxy) is 3. The molecule has 0 fully saturated rings. The smallest absolute Gasteiger partial charge is 0.441 e. The van der Waals surface area contributed by atoms with E-state index in [2.05, 4.69) is 5.32 Å². The van der Waals surface area contributed by atoms with E-state index in [-0.39, 0.29) is 41.1 Å². The Hall–Kier alpha value is -2.50. The molecule has 2 amide bonds. The number of halogens is 3. The van der Waals surface area contributed by atoms with Crippen LogP contribution in [0, 0.1) is 0 Å². The van der Waals surface area contributed by atoms with Gasteiger partial charge in [0.25, 0.3) is 0 Å². The molecule has 1 aromatic rings. The molecule has 0 bridgehead atoms. The molecular weight excluding hydrogens is 393 g/mol. The first kappa shape index (κ1) is 22.5. The van der Waals surface area contributed by atoms with Crippen LogP contribution >= 0.6 is 11.8 Å². The average Bonchev–Trinajstić information content (AvgIpc) is 2.58. The molecule has 3 N–H and O–H groups in total. The van der Waals surface area contributed by atoms with E-state index in [4.69, 9.17) is 19.3 Å². The van der Waals surface area contributed by atoms with Gasteiger partial charge in [-0.15, -0.1) is 0 Å². The van der Waals surface area contributed by atoms with Crippen molar-refractivity contribution in [1.29, 1.82) is 0 Å². The summed E-state index contributed by atoms with van der Waals surface area (Å²) in [5, 5.41) is 13.1. The minimum Gasteiger partial charge on any atom is -0.493 e. The summed E-state index contributed by atoms with van der Waals surface area (Å²) in [6, 6.07) is 1.43. The molecule has 0 aliphatic carbocycles. The minimum atomic E-state index is -4.47. The van der Waals surface area contributed by atoms with Gasteiger partial charge in [0.2, 0.25) is 11.7 Å². The first-order valence-corrected chi connectivity index (χ1v) is 8.40. The lowest BCUT2D eigenvalue weighted by Crippen LogP contribution is -2.43. The molecule has 1 rings (SSSR count). The third-order valence-electron chi connectivity index (χ3n) is 3.22. The fourth-order valence-corrected chi connectivity index (χ4v) is 2.68. The molecule has 8 nitrogen and oxygen atoms in total. The summed E-state index contributed by atoms with van der Waals surface area (Å²) in [6.45, 7) is 0. The van der Waals surface area contributed by atoms with Crippen molar-refractivity contribution in [3.63, 3.8) is 0 Å². The normalized spacial score (nSPS) is 12.1. The molecule has 0 aliphatic rings. The molecule has 27 heavy (non-hydrogen) atoms. The van der Waals surface area contributed by atoms with E-state index < -0.39 is 29.3 Å². The van der Waals surface area contributed by atoms with Crippen LogP contribution in [0.2, 0.25) is 0 Å². The van der Waals surface area contributed by atoms with Crippen molar-refractivity contribution in [3.05, 3.63) is 12.1 Å². The Morgan fingerprint density at radius 3 is 2.11 bits per heavy atom. The summed E-state index contributed by atoms with van der Waals surface area (Å²) in [5.41, 5.74) is -4.28. The van der Waals surface area contributed by atoms with Crippen LogP contribution in [-0.4, -0.2) is 55.7 Å². The van der Waals surface area contributed by atoms with Crippen LogP contribution in [-0.2, 0) is 4.79 Å². The molecule has 1 atom stereocenters. The van der Waals surface area contributed by atoms with Gasteiger partial charge in [-0.05, 0) is 6.42 Å². The molecular formula is C15H19F3N2O6S. The molecule has 12 heteroatoms. The molecule has 0 spiro atoms. The maximum Gasteiger partial charge on any atom is 0.441 e. The minimum absolute atomic E-state index is 0.190. The van der Waals surface area contributed by atoms with Crippen molar-refractivity contribution >= 4 is 29.4 Å². The van der Waals surface area contributed by atoms with Crippen molar-refractivity contribution in [2.75, 3.05) is 32.4 Å². The second-order valence-electron chi connectivity index (χ2n) is 4.99. The second kappa shape index (κ2) is 10.00. The predicted octanol–water partition coefficient (Wildman–Crippen LogP) is 2.93. The van der Waals surface area contributed by atoms with Crippen molar-refractivity contribution in [3.8, 4) is 17.2 Å². The Balaban J connectivity index is 2.95. The fraction of sp³-hybridized carbons (Fsp3) is 0.467. The van der Waals surface area contributed by atoms with E-state index in [0.29, 0.717) is 0 Å². The molecule has 1 aromatic carbocycles. The van der Waals surface area contributed by atoms with Crippen LogP contribution in [0.3, 0.4) is 0 Å². The SMILES string of the molecule is COc1cc(NC(=O)[C@H](CCSC(F)(F)F)NC(=O)O)cc(OC)c1OC.